The second-order valence-electron chi connectivity index (χ2n) is 4.40. The number of thiazole rings is 1. The predicted molar refractivity (Wildman–Crippen MR) is 86.2 cm³/mol. The number of nitriles is 1. The summed E-state index contributed by atoms with van der Waals surface area (Å²) < 4.78 is 0.978. The van der Waals surface area contributed by atoms with Crippen LogP contribution in [0.2, 0.25) is 5.02 Å². The number of aromatic nitrogens is 1. The van der Waals surface area contributed by atoms with Crippen LogP contribution in [0.4, 0.5) is 0 Å². The van der Waals surface area contributed by atoms with Crippen molar-refractivity contribution in [1.82, 2.24) is 4.98 Å². The van der Waals surface area contributed by atoms with Crippen molar-refractivity contribution in [2.24, 2.45) is 0 Å². The fourth-order valence-electron chi connectivity index (χ4n) is 1.94. The molecule has 0 saturated heterocycles. The number of phenols is 1. The molecule has 102 valence electrons. The van der Waals surface area contributed by atoms with Crippen molar-refractivity contribution in [1.29, 1.82) is 5.26 Å². The Balaban J connectivity index is 2.08. The van der Waals surface area contributed by atoms with Gasteiger partial charge in [0.2, 0.25) is 0 Å². The van der Waals surface area contributed by atoms with Crippen LogP contribution in [0, 0.1) is 11.3 Å². The van der Waals surface area contributed by atoms with E-state index in [9.17, 15) is 10.4 Å². The van der Waals surface area contributed by atoms with Gasteiger partial charge in [0.25, 0.3) is 0 Å². The largest absolute Gasteiger partial charge is 0.508 e. The molecule has 1 aromatic heterocycles. The van der Waals surface area contributed by atoms with E-state index in [0.29, 0.717) is 15.6 Å². The van der Waals surface area contributed by atoms with Gasteiger partial charge in [-0.1, -0.05) is 23.7 Å². The van der Waals surface area contributed by atoms with E-state index >= 15 is 0 Å². The van der Waals surface area contributed by atoms with Gasteiger partial charge in [0, 0.05) is 5.02 Å². The molecule has 0 aliphatic rings. The molecule has 1 heterocycles. The number of nitrogens with zero attached hydrogens (tertiary/aromatic N) is 2. The average molecular weight is 313 g/mol. The minimum Gasteiger partial charge on any atom is -0.508 e. The molecule has 0 saturated carbocycles. The van der Waals surface area contributed by atoms with E-state index in [4.69, 9.17) is 11.6 Å². The monoisotopic (exact) mass is 312 g/mol. The first-order chi connectivity index (χ1) is 10.2. The van der Waals surface area contributed by atoms with Crippen molar-refractivity contribution in [2.45, 2.75) is 0 Å². The van der Waals surface area contributed by atoms with Crippen molar-refractivity contribution >= 4 is 44.8 Å². The van der Waals surface area contributed by atoms with Crippen molar-refractivity contribution < 1.29 is 5.11 Å². The number of hydrogen-bond donors (Lipinski definition) is 1. The molecule has 0 atom stereocenters. The summed E-state index contributed by atoms with van der Waals surface area (Å²) in [5, 5.41) is 20.1. The number of halogens is 1. The standard InChI is InChI=1S/C16H9ClN2OS/c17-12-4-5-15-14(8-12)19-16(21-15)11(9-18)6-10-2-1-3-13(20)7-10/h1-8,20H/b11-6+. The Bertz CT molecular complexity index is 893. The minimum absolute atomic E-state index is 0.164. The molecule has 3 nitrogen and oxygen atoms in total. The van der Waals surface area contributed by atoms with Crippen molar-refractivity contribution in [3.8, 4) is 11.8 Å². The fraction of sp³-hybridized carbons (Fsp3) is 0. The number of benzene rings is 2. The Labute approximate surface area is 130 Å². The fourth-order valence-corrected chi connectivity index (χ4v) is 3.02. The lowest BCUT2D eigenvalue weighted by Gasteiger charge is -1.96. The zero-order valence-electron chi connectivity index (χ0n) is 10.7. The summed E-state index contributed by atoms with van der Waals surface area (Å²) in [4.78, 5) is 4.44. The first kappa shape index (κ1) is 13.6. The first-order valence-electron chi connectivity index (χ1n) is 6.13. The van der Waals surface area contributed by atoms with E-state index < -0.39 is 0 Å². The van der Waals surface area contributed by atoms with Gasteiger partial charge in [0.05, 0.1) is 15.8 Å². The smallest absolute Gasteiger partial charge is 0.135 e. The zero-order chi connectivity index (χ0) is 14.8. The molecule has 3 aromatic rings. The summed E-state index contributed by atoms with van der Waals surface area (Å²) in [7, 11) is 0. The van der Waals surface area contributed by atoms with Crippen LogP contribution in [0.25, 0.3) is 21.9 Å². The van der Waals surface area contributed by atoms with Gasteiger partial charge in [-0.2, -0.15) is 5.26 Å². The first-order valence-corrected chi connectivity index (χ1v) is 7.32. The van der Waals surface area contributed by atoms with E-state index in [1.165, 1.54) is 11.3 Å². The molecule has 0 unspecified atom stereocenters. The van der Waals surface area contributed by atoms with Crippen LogP contribution >= 0.6 is 22.9 Å². The van der Waals surface area contributed by atoms with E-state index in [0.717, 1.165) is 15.8 Å². The van der Waals surface area contributed by atoms with Gasteiger partial charge < -0.3 is 5.11 Å². The van der Waals surface area contributed by atoms with Crippen LogP contribution in [0.5, 0.6) is 5.75 Å². The quantitative estimate of drug-likeness (QED) is 0.697. The Kier molecular flexibility index (Phi) is 3.61. The number of rotatable bonds is 2. The Morgan fingerprint density at radius 2 is 2.14 bits per heavy atom. The summed E-state index contributed by atoms with van der Waals surface area (Å²) >= 11 is 7.38. The molecule has 0 spiro atoms. The lowest BCUT2D eigenvalue weighted by Crippen LogP contribution is -1.80. The van der Waals surface area contributed by atoms with Gasteiger partial charge in [0.15, 0.2) is 0 Å². The van der Waals surface area contributed by atoms with Crippen molar-refractivity contribution in [3.63, 3.8) is 0 Å². The molecule has 1 N–H and O–H groups in total. The lowest BCUT2D eigenvalue weighted by molar-refractivity contribution is 0.475. The lowest BCUT2D eigenvalue weighted by atomic mass is 10.1. The van der Waals surface area contributed by atoms with Crippen LogP contribution in [0.3, 0.4) is 0 Å². The molecule has 21 heavy (non-hydrogen) atoms. The maximum Gasteiger partial charge on any atom is 0.135 e. The predicted octanol–water partition coefficient (Wildman–Crippen LogP) is 4.72. The third kappa shape index (κ3) is 2.89. The minimum atomic E-state index is 0.164. The van der Waals surface area contributed by atoms with Gasteiger partial charge >= 0.3 is 0 Å². The second-order valence-corrected chi connectivity index (χ2v) is 5.86. The van der Waals surface area contributed by atoms with Crippen LogP contribution < -0.4 is 0 Å². The van der Waals surface area contributed by atoms with Gasteiger partial charge in [-0.15, -0.1) is 11.3 Å². The van der Waals surface area contributed by atoms with Crippen LogP contribution in [0.1, 0.15) is 10.6 Å². The maximum atomic E-state index is 9.47. The molecule has 0 fully saturated rings. The summed E-state index contributed by atoms with van der Waals surface area (Å²) in [5.41, 5.74) is 1.99. The highest BCUT2D eigenvalue weighted by Gasteiger charge is 2.09. The molecule has 0 amide bonds. The van der Waals surface area contributed by atoms with Gasteiger partial charge in [0.1, 0.15) is 16.8 Å². The molecule has 0 bridgehead atoms. The summed E-state index contributed by atoms with van der Waals surface area (Å²) in [6, 6.07) is 14.4. The van der Waals surface area contributed by atoms with Gasteiger partial charge in [-0.05, 0) is 42.0 Å². The Morgan fingerprint density at radius 3 is 2.90 bits per heavy atom. The van der Waals surface area contributed by atoms with E-state index in [2.05, 4.69) is 11.1 Å². The highest BCUT2D eigenvalue weighted by atomic mass is 35.5. The maximum absolute atomic E-state index is 9.47. The number of fused-ring (bicyclic) bond motifs is 1. The molecule has 0 aliphatic carbocycles. The average Bonchev–Trinajstić information content (AvgIpc) is 2.87. The van der Waals surface area contributed by atoms with Crippen molar-refractivity contribution in [3.05, 3.63) is 58.1 Å². The summed E-state index contributed by atoms with van der Waals surface area (Å²) in [5.74, 6) is 0.164. The Hall–Kier alpha value is -2.35. The Morgan fingerprint density at radius 1 is 1.29 bits per heavy atom. The van der Waals surface area contributed by atoms with Crippen LogP contribution in [-0.4, -0.2) is 10.1 Å². The number of allylic oxidation sites excluding steroid dienone is 1. The number of aromatic hydroxyl groups is 1. The van der Waals surface area contributed by atoms with Crippen LogP contribution in [-0.2, 0) is 0 Å². The molecule has 5 heteroatoms. The SMILES string of the molecule is N#C/C(=C\c1cccc(O)c1)c1nc2cc(Cl)ccc2s1. The molecular weight excluding hydrogens is 304 g/mol. The number of hydrogen-bond acceptors (Lipinski definition) is 4. The van der Waals surface area contributed by atoms with Crippen molar-refractivity contribution in [2.75, 3.05) is 0 Å². The summed E-state index contributed by atoms with van der Waals surface area (Å²) in [6.45, 7) is 0. The molecule has 3 rings (SSSR count). The molecule has 2 aromatic carbocycles. The summed E-state index contributed by atoms with van der Waals surface area (Å²) in [6.07, 6.45) is 1.71. The van der Waals surface area contributed by atoms with Gasteiger partial charge in [-0.3, -0.25) is 0 Å². The second kappa shape index (κ2) is 5.57. The molecule has 0 radical (unpaired) electrons. The van der Waals surface area contributed by atoms with Gasteiger partial charge in [-0.25, -0.2) is 4.98 Å². The normalized spacial score (nSPS) is 11.5. The van der Waals surface area contributed by atoms with E-state index in [-0.39, 0.29) is 5.75 Å². The third-order valence-corrected chi connectivity index (χ3v) is 4.19. The topological polar surface area (TPSA) is 56.9 Å². The van der Waals surface area contributed by atoms with Crippen LogP contribution in [0.15, 0.2) is 42.5 Å². The number of phenolic OH excluding ortho intramolecular Hbond substituents is 1. The molecule has 0 aliphatic heterocycles. The third-order valence-electron chi connectivity index (χ3n) is 2.88. The molecular formula is C16H9ClN2OS. The highest BCUT2D eigenvalue weighted by molar-refractivity contribution is 7.19. The zero-order valence-corrected chi connectivity index (χ0v) is 12.3. The van der Waals surface area contributed by atoms with E-state index in [1.54, 1.807) is 36.4 Å². The van der Waals surface area contributed by atoms with E-state index in [1.807, 2.05) is 12.1 Å². The highest BCUT2D eigenvalue weighted by Crippen LogP contribution is 2.30.